The van der Waals surface area contributed by atoms with Crippen molar-refractivity contribution in [2.75, 3.05) is 18.9 Å². The number of rotatable bonds is 3. The molecule has 0 aromatic heterocycles. The highest BCUT2D eigenvalue weighted by Crippen LogP contribution is 2.37. The molecule has 2 rings (SSSR count). The predicted molar refractivity (Wildman–Crippen MR) is 68.0 cm³/mol. The van der Waals surface area contributed by atoms with Gasteiger partial charge in [-0.1, -0.05) is 19.1 Å². The Labute approximate surface area is 100.0 Å². The summed E-state index contributed by atoms with van der Waals surface area (Å²) in [5, 5.41) is 6.04. The second kappa shape index (κ2) is 4.89. The minimum Gasteiger partial charge on any atom is -0.324 e. The van der Waals surface area contributed by atoms with Crippen LogP contribution in [-0.4, -0.2) is 24.7 Å². The number of hydrogen-bond donors (Lipinski definition) is 2. The molecule has 0 saturated carbocycles. The van der Waals surface area contributed by atoms with Crippen LogP contribution in [0.5, 0.6) is 0 Å². The van der Waals surface area contributed by atoms with Crippen molar-refractivity contribution in [2.24, 2.45) is 0 Å². The van der Waals surface area contributed by atoms with Crippen LogP contribution in [0.3, 0.4) is 0 Å². The zero-order chi connectivity index (χ0) is 11.5. The number of carbonyl (C=O) groups excluding carboxylic acids is 1. The van der Waals surface area contributed by atoms with E-state index >= 15 is 0 Å². The fraction of sp³-hybridized carbons (Fsp3) is 0.417. The third kappa shape index (κ3) is 2.08. The van der Waals surface area contributed by atoms with Gasteiger partial charge < -0.3 is 10.6 Å². The Bertz CT molecular complexity index is 406. The average Bonchev–Trinajstić information content (AvgIpc) is 2.30. The Hall–Kier alpha value is -1.000. The van der Waals surface area contributed by atoms with Crippen LogP contribution in [0, 0.1) is 0 Å². The standard InChI is InChI=1S/C12H16N2OS/c1-3-8-5-4-6-9-11(8)14-12(15)10(16-9)7-13-2/h4-6,10,13H,3,7H2,1-2H3,(H,14,15). The predicted octanol–water partition coefficient (Wildman–Crippen LogP) is 1.88. The molecule has 0 spiro atoms. The zero-order valence-electron chi connectivity index (χ0n) is 9.54. The minimum absolute atomic E-state index is 0.0235. The summed E-state index contributed by atoms with van der Waals surface area (Å²) < 4.78 is 0. The molecule has 4 heteroatoms. The first-order valence-corrected chi connectivity index (χ1v) is 6.38. The molecule has 0 bridgehead atoms. The van der Waals surface area contributed by atoms with E-state index in [1.807, 2.05) is 7.05 Å². The molecule has 1 amide bonds. The highest BCUT2D eigenvalue weighted by atomic mass is 32.2. The third-order valence-electron chi connectivity index (χ3n) is 2.69. The van der Waals surface area contributed by atoms with Crippen LogP contribution in [0.1, 0.15) is 12.5 Å². The molecule has 1 aliphatic rings. The minimum atomic E-state index is -0.0235. The van der Waals surface area contributed by atoms with Crippen LogP contribution < -0.4 is 10.6 Å². The quantitative estimate of drug-likeness (QED) is 0.842. The smallest absolute Gasteiger partial charge is 0.239 e. The van der Waals surface area contributed by atoms with E-state index in [0.717, 1.165) is 12.1 Å². The zero-order valence-corrected chi connectivity index (χ0v) is 10.4. The molecule has 2 N–H and O–H groups in total. The van der Waals surface area contributed by atoms with E-state index in [2.05, 4.69) is 35.8 Å². The van der Waals surface area contributed by atoms with E-state index in [1.165, 1.54) is 10.5 Å². The first kappa shape index (κ1) is 11.5. The molecule has 0 fully saturated rings. The highest BCUT2D eigenvalue weighted by molar-refractivity contribution is 8.01. The maximum Gasteiger partial charge on any atom is 0.239 e. The Morgan fingerprint density at radius 1 is 1.50 bits per heavy atom. The van der Waals surface area contributed by atoms with Gasteiger partial charge in [-0.3, -0.25) is 4.79 Å². The second-order valence-electron chi connectivity index (χ2n) is 3.80. The molecular weight excluding hydrogens is 220 g/mol. The summed E-state index contributed by atoms with van der Waals surface area (Å²) in [7, 11) is 1.87. The molecule has 1 heterocycles. The molecule has 86 valence electrons. The number of fused-ring (bicyclic) bond motifs is 1. The van der Waals surface area contributed by atoms with Crippen molar-refractivity contribution in [3.8, 4) is 0 Å². The average molecular weight is 236 g/mol. The van der Waals surface area contributed by atoms with Gasteiger partial charge in [-0.05, 0) is 25.1 Å². The SMILES string of the molecule is CCc1cccc2c1NC(=O)C(CNC)S2. The number of thioether (sulfide) groups is 1. The van der Waals surface area contributed by atoms with Crippen molar-refractivity contribution in [3.63, 3.8) is 0 Å². The second-order valence-corrected chi connectivity index (χ2v) is 5.04. The summed E-state index contributed by atoms with van der Waals surface area (Å²) in [4.78, 5) is 13.0. The Balaban J connectivity index is 2.30. The summed E-state index contributed by atoms with van der Waals surface area (Å²) in [5.41, 5.74) is 2.22. The number of hydrogen-bond acceptors (Lipinski definition) is 3. The van der Waals surface area contributed by atoms with Crippen LogP contribution in [0.15, 0.2) is 23.1 Å². The highest BCUT2D eigenvalue weighted by Gasteiger charge is 2.27. The van der Waals surface area contributed by atoms with Crippen LogP contribution >= 0.6 is 11.8 Å². The maximum atomic E-state index is 11.8. The van der Waals surface area contributed by atoms with Crippen molar-refractivity contribution >= 4 is 23.4 Å². The number of amides is 1. The Morgan fingerprint density at radius 2 is 2.31 bits per heavy atom. The molecular formula is C12H16N2OS. The molecule has 1 aromatic rings. The van der Waals surface area contributed by atoms with Crippen molar-refractivity contribution in [1.82, 2.24) is 5.32 Å². The fourth-order valence-electron chi connectivity index (χ4n) is 1.84. The molecule has 0 aliphatic carbocycles. The van der Waals surface area contributed by atoms with Gasteiger partial charge in [0.05, 0.1) is 5.69 Å². The van der Waals surface area contributed by atoms with Gasteiger partial charge in [0.25, 0.3) is 0 Å². The van der Waals surface area contributed by atoms with Crippen LogP contribution in [0.25, 0.3) is 0 Å². The van der Waals surface area contributed by atoms with Crippen molar-refractivity contribution in [2.45, 2.75) is 23.5 Å². The van der Waals surface area contributed by atoms with Crippen molar-refractivity contribution in [3.05, 3.63) is 23.8 Å². The van der Waals surface area contributed by atoms with Crippen molar-refractivity contribution < 1.29 is 4.79 Å². The van der Waals surface area contributed by atoms with E-state index in [-0.39, 0.29) is 11.2 Å². The molecule has 3 nitrogen and oxygen atoms in total. The lowest BCUT2D eigenvalue weighted by molar-refractivity contribution is -0.115. The lowest BCUT2D eigenvalue weighted by atomic mass is 10.1. The molecule has 1 aliphatic heterocycles. The van der Waals surface area contributed by atoms with Gasteiger partial charge in [0.15, 0.2) is 0 Å². The Morgan fingerprint density at radius 3 is 3.00 bits per heavy atom. The monoisotopic (exact) mass is 236 g/mol. The number of aryl methyl sites for hydroxylation is 1. The summed E-state index contributed by atoms with van der Waals surface area (Å²) in [5.74, 6) is 0.104. The summed E-state index contributed by atoms with van der Waals surface area (Å²) in [6.45, 7) is 2.80. The molecule has 16 heavy (non-hydrogen) atoms. The van der Waals surface area contributed by atoms with Gasteiger partial charge in [-0.15, -0.1) is 11.8 Å². The van der Waals surface area contributed by atoms with E-state index in [1.54, 1.807) is 11.8 Å². The van der Waals surface area contributed by atoms with Crippen LogP contribution in [0.4, 0.5) is 5.69 Å². The number of para-hydroxylation sites is 1. The third-order valence-corrected chi connectivity index (χ3v) is 3.95. The molecule has 1 unspecified atom stereocenters. The first-order chi connectivity index (χ1) is 7.76. The molecule has 0 radical (unpaired) electrons. The van der Waals surface area contributed by atoms with Gasteiger partial charge in [-0.25, -0.2) is 0 Å². The topological polar surface area (TPSA) is 41.1 Å². The largest absolute Gasteiger partial charge is 0.324 e. The first-order valence-electron chi connectivity index (χ1n) is 5.50. The Kier molecular flexibility index (Phi) is 3.51. The number of nitrogens with one attached hydrogen (secondary N) is 2. The van der Waals surface area contributed by atoms with E-state index in [4.69, 9.17) is 0 Å². The number of benzene rings is 1. The van der Waals surface area contributed by atoms with Gasteiger partial charge in [-0.2, -0.15) is 0 Å². The molecule has 0 saturated heterocycles. The lowest BCUT2D eigenvalue weighted by Crippen LogP contribution is -2.36. The number of anilines is 1. The molecule has 1 aromatic carbocycles. The van der Waals surface area contributed by atoms with Gasteiger partial charge in [0.2, 0.25) is 5.91 Å². The summed E-state index contributed by atoms with van der Waals surface area (Å²) >= 11 is 1.64. The molecule has 1 atom stereocenters. The van der Waals surface area contributed by atoms with E-state index < -0.39 is 0 Å². The normalized spacial score (nSPS) is 19.1. The summed E-state index contributed by atoms with van der Waals surface area (Å²) in [6, 6.07) is 6.19. The van der Waals surface area contributed by atoms with Crippen LogP contribution in [-0.2, 0) is 11.2 Å². The van der Waals surface area contributed by atoms with Gasteiger partial charge >= 0.3 is 0 Å². The van der Waals surface area contributed by atoms with Gasteiger partial charge in [0.1, 0.15) is 5.25 Å². The van der Waals surface area contributed by atoms with E-state index in [9.17, 15) is 4.79 Å². The number of carbonyl (C=O) groups is 1. The lowest BCUT2D eigenvalue weighted by Gasteiger charge is -2.25. The van der Waals surface area contributed by atoms with Crippen molar-refractivity contribution in [1.29, 1.82) is 0 Å². The fourth-order valence-corrected chi connectivity index (χ4v) is 3.02. The van der Waals surface area contributed by atoms with Crippen LogP contribution in [0.2, 0.25) is 0 Å². The van der Waals surface area contributed by atoms with Gasteiger partial charge in [0, 0.05) is 11.4 Å². The van der Waals surface area contributed by atoms with E-state index in [0.29, 0.717) is 6.54 Å². The maximum absolute atomic E-state index is 11.8. The summed E-state index contributed by atoms with van der Waals surface area (Å²) in [6.07, 6.45) is 0.945.